The monoisotopic (exact) mass is 506 g/mol. The second-order valence-corrected chi connectivity index (χ2v) is 11.0. The van der Waals surface area contributed by atoms with E-state index in [2.05, 4.69) is 31.9 Å². The van der Waals surface area contributed by atoms with Gasteiger partial charge in [-0.25, -0.2) is 8.42 Å². The molecule has 0 saturated heterocycles. The van der Waals surface area contributed by atoms with Gasteiger partial charge in [0.25, 0.3) is 0 Å². The number of hydrogen-bond donors (Lipinski definition) is 0. The van der Waals surface area contributed by atoms with E-state index in [4.69, 9.17) is 14.2 Å². The molecule has 0 atom stereocenters. The molecular formula is C29H32NO5S+. The van der Waals surface area contributed by atoms with Gasteiger partial charge in [-0.05, 0) is 51.1 Å². The molecule has 1 aliphatic heterocycles. The van der Waals surface area contributed by atoms with Crippen molar-refractivity contribution in [1.82, 2.24) is 0 Å². The average molecular weight is 507 g/mol. The predicted molar refractivity (Wildman–Crippen MR) is 142 cm³/mol. The molecule has 0 spiro atoms. The minimum absolute atomic E-state index is 0.270. The Hall–Kier alpha value is -3.58. The van der Waals surface area contributed by atoms with Crippen LogP contribution in [-0.2, 0) is 15.3 Å². The minimum atomic E-state index is -3.65. The lowest BCUT2D eigenvalue weighted by Crippen LogP contribution is -2.30. The number of hydrogen-bond acceptors (Lipinski definition) is 5. The molecule has 0 saturated carbocycles. The third-order valence-corrected chi connectivity index (χ3v) is 8.56. The summed E-state index contributed by atoms with van der Waals surface area (Å²) in [6.07, 6.45) is 0. The van der Waals surface area contributed by atoms with E-state index < -0.39 is 15.3 Å². The minimum Gasteiger partial charge on any atom is -0.496 e. The second-order valence-electron chi connectivity index (χ2n) is 9.10. The third-order valence-electron chi connectivity index (χ3n) is 6.79. The first-order chi connectivity index (χ1) is 17.1. The van der Waals surface area contributed by atoms with Gasteiger partial charge in [0, 0.05) is 28.8 Å². The lowest BCUT2D eigenvalue weighted by atomic mass is 9.77. The van der Waals surface area contributed by atoms with Gasteiger partial charge < -0.3 is 14.2 Å². The zero-order valence-electron chi connectivity index (χ0n) is 21.6. The molecule has 0 radical (unpaired) electrons. The fourth-order valence-electron chi connectivity index (χ4n) is 5.00. The molecule has 3 aromatic rings. The van der Waals surface area contributed by atoms with Crippen LogP contribution in [0, 0.1) is 0 Å². The Balaban J connectivity index is 1.86. The molecule has 0 fully saturated rings. The van der Waals surface area contributed by atoms with Crippen LogP contribution in [0.25, 0.3) is 5.57 Å². The molecule has 4 rings (SSSR count). The first-order valence-corrected chi connectivity index (χ1v) is 13.2. The maximum Gasteiger partial charge on any atom is 0.209 e. The smallest absolute Gasteiger partial charge is 0.209 e. The second kappa shape index (κ2) is 9.47. The Morgan fingerprint density at radius 3 is 2.06 bits per heavy atom. The molecule has 1 heterocycles. The van der Waals surface area contributed by atoms with Crippen molar-refractivity contribution in [2.24, 2.45) is 0 Å². The number of fused-ring (bicyclic) bond motifs is 1. The number of rotatable bonds is 8. The molecule has 6 nitrogen and oxygen atoms in total. The zero-order valence-corrected chi connectivity index (χ0v) is 22.4. The maximum atomic E-state index is 13.4. The van der Waals surface area contributed by atoms with E-state index in [-0.39, 0.29) is 9.79 Å². The van der Waals surface area contributed by atoms with Crippen LogP contribution < -0.4 is 14.2 Å². The number of methoxy groups -OCH3 is 3. The average Bonchev–Trinajstić information content (AvgIpc) is 3.13. The van der Waals surface area contributed by atoms with Gasteiger partial charge in [0.2, 0.25) is 15.5 Å². The first kappa shape index (κ1) is 25.5. The number of benzene rings is 3. The van der Waals surface area contributed by atoms with E-state index in [0.717, 1.165) is 28.1 Å². The topological polar surface area (TPSA) is 64.8 Å². The zero-order chi connectivity index (χ0) is 26.3. The Kier molecular flexibility index (Phi) is 6.71. The number of nitrogens with zero attached hydrogens (tertiary/aromatic N) is 1. The summed E-state index contributed by atoms with van der Waals surface area (Å²) < 4.78 is 45.6. The third kappa shape index (κ3) is 3.97. The van der Waals surface area contributed by atoms with E-state index in [1.807, 2.05) is 12.1 Å². The van der Waals surface area contributed by atoms with E-state index in [0.29, 0.717) is 23.8 Å². The van der Waals surface area contributed by atoms with Crippen LogP contribution in [0.3, 0.4) is 0 Å². The summed E-state index contributed by atoms with van der Waals surface area (Å²) in [6, 6.07) is 17.5. The van der Waals surface area contributed by atoms with Gasteiger partial charge in [-0.1, -0.05) is 24.8 Å². The number of allylic oxidation sites excluding steroid dienone is 1. The summed E-state index contributed by atoms with van der Waals surface area (Å²) in [4.78, 5) is 0.545. The summed E-state index contributed by atoms with van der Waals surface area (Å²) in [5.41, 5.74) is 3.88. The first-order valence-electron chi connectivity index (χ1n) is 11.7. The fourth-order valence-corrected chi connectivity index (χ4v) is 6.31. The largest absolute Gasteiger partial charge is 0.496 e. The van der Waals surface area contributed by atoms with Crippen LogP contribution in [0.2, 0.25) is 0 Å². The van der Waals surface area contributed by atoms with E-state index in [1.54, 1.807) is 69.9 Å². The highest BCUT2D eigenvalue weighted by Gasteiger charge is 2.47. The Morgan fingerprint density at radius 2 is 1.47 bits per heavy atom. The molecule has 36 heavy (non-hydrogen) atoms. The SMILES string of the molecule is C=C(C1=[N+](CC)c2ccc(S(=O)(=O)c3ccccc3)cc2C1(C)C)c1cc(OC)c(OC)cc1OC. The van der Waals surface area contributed by atoms with E-state index >= 15 is 0 Å². The van der Waals surface area contributed by atoms with Gasteiger partial charge in [-0.2, -0.15) is 4.58 Å². The van der Waals surface area contributed by atoms with Crippen molar-refractivity contribution in [1.29, 1.82) is 0 Å². The van der Waals surface area contributed by atoms with Crippen LogP contribution in [0.15, 0.2) is 77.0 Å². The van der Waals surface area contributed by atoms with Crippen LogP contribution in [0.1, 0.15) is 31.9 Å². The maximum absolute atomic E-state index is 13.4. The van der Waals surface area contributed by atoms with E-state index in [9.17, 15) is 8.42 Å². The van der Waals surface area contributed by atoms with Crippen molar-refractivity contribution in [3.63, 3.8) is 0 Å². The fraction of sp³-hybridized carbons (Fsp3) is 0.276. The molecule has 0 unspecified atom stereocenters. The van der Waals surface area contributed by atoms with Crippen molar-refractivity contribution in [2.75, 3.05) is 27.9 Å². The van der Waals surface area contributed by atoms with Crippen molar-refractivity contribution < 1.29 is 27.2 Å². The van der Waals surface area contributed by atoms with Gasteiger partial charge in [-0.3, -0.25) is 0 Å². The van der Waals surface area contributed by atoms with E-state index in [1.165, 1.54) is 0 Å². The molecule has 0 bridgehead atoms. The summed E-state index contributed by atoms with van der Waals surface area (Å²) in [5.74, 6) is 1.75. The van der Waals surface area contributed by atoms with Crippen LogP contribution >= 0.6 is 0 Å². The van der Waals surface area contributed by atoms with Gasteiger partial charge in [-0.15, -0.1) is 0 Å². The van der Waals surface area contributed by atoms with Gasteiger partial charge in [0.05, 0.1) is 36.5 Å². The molecule has 3 aromatic carbocycles. The van der Waals surface area contributed by atoms with Crippen molar-refractivity contribution >= 4 is 26.8 Å². The lowest BCUT2D eigenvalue weighted by Gasteiger charge is -2.21. The predicted octanol–water partition coefficient (Wildman–Crippen LogP) is 5.65. The van der Waals surface area contributed by atoms with Crippen molar-refractivity contribution in [3.05, 3.63) is 78.4 Å². The Bertz CT molecular complexity index is 1470. The molecular weight excluding hydrogens is 474 g/mol. The molecule has 0 aliphatic carbocycles. The highest BCUT2D eigenvalue weighted by Crippen LogP contribution is 2.46. The molecule has 188 valence electrons. The Morgan fingerprint density at radius 1 is 0.861 bits per heavy atom. The van der Waals surface area contributed by atoms with Crippen molar-refractivity contribution in [2.45, 2.75) is 36.0 Å². The quantitative estimate of drug-likeness (QED) is 0.369. The van der Waals surface area contributed by atoms with Gasteiger partial charge in [0.1, 0.15) is 12.3 Å². The molecule has 0 amide bonds. The van der Waals surface area contributed by atoms with Crippen LogP contribution in [0.5, 0.6) is 17.2 Å². The standard InChI is InChI=1S/C29H32NO5S/c1-8-30-24-15-14-21(36(31,32)20-12-10-9-11-13-20)16-23(24)29(3,4)28(30)19(2)22-17-26(34-6)27(35-7)18-25(22)33-5/h9-18H,2,8H2,1,3-7H3/q+1. The molecule has 0 aromatic heterocycles. The number of sulfone groups is 1. The van der Waals surface area contributed by atoms with Gasteiger partial charge in [0.15, 0.2) is 17.2 Å². The van der Waals surface area contributed by atoms with Crippen LogP contribution in [0.4, 0.5) is 5.69 Å². The van der Waals surface area contributed by atoms with Gasteiger partial charge >= 0.3 is 0 Å². The van der Waals surface area contributed by atoms with Crippen LogP contribution in [-0.4, -0.2) is 46.6 Å². The molecule has 7 heteroatoms. The summed E-state index contributed by atoms with van der Waals surface area (Å²) in [6.45, 7) is 11.4. The number of ether oxygens (including phenoxy) is 3. The summed E-state index contributed by atoms with van der Waals surface area (Å²) >= 11 is 0. The van der Waals surface area contributed by atoms with Crippen molar-refractivity contribution in [3.8, 4) is 17.2 Å². The normalized spacial score (nSPS) is 14.4. The summed E-state index contributed by atoms with van der Waals surface area (Å²) in [5, 5.41) is 0. The highest BCUT2D eigenvalue weighted by atomic mass is 32.2. The highest BCUT2D eigenvalue weighted by molar-refractivity contribution is 7.91. The lowest BCUT2D eigenvalue weighted by molar-refractivity contribution is -0.432. The Labute approximate surface area is 213 Å². The molecule has 1 aliphatic rings. The summed E-state index contributed by atoms with van der Waals surface area (Å²) in [7, 11) is 1.12. The molecule has 0 N–H and O–H groups in total.